The second-order valence-electron chi connectivity index (χ2n) is 4.84. The first kappa shape index (κ1) is 14.1. The Kier molecular flexibility index (Phi) is 3.96. The Labute approximate surface area is 121 Å². The highest BCUT2D eigenvalue weighted by Crippen LogP contribution is 2.30. The summed E-state index contributed by atoms with van der Waals surface area (Å²) in [5, 5.41) is 3.29. The standard InChI is InChI=1S/C14H18BrN3O/c1-14(2,16-3)13-8-17-9-18(13)11-7-10(15)5-6-12(11)19-4/h5-9,16H,1-4H3. The van der Waals surface area contributed by atoms with Crippen molar-refractivity contribution < 1.29 is 4.74 Å². The van der Waals surface area contributed by atoms with Crippen LogP contribution in [0.3, 0.4) is 0 Å². The average molecular weight is 324 g/mol. The van der Waals surface area contributed by atoms with Crippen molar-refractivity contribution in [2.45, 2.75) is 19.4 Å². The average Bonchev–Trinajstić information content (AvgIpc) is 2.88. The highest BCUT2D eigenvalue weighted by atomic mass is 79.9. The summed E-state index contributed by atoms with van der Waals surface area (Å²) in [6, 6.07) is 5.92. The lowest BCUT2D eigenvalue weighted by Gasteiger charge is -2.26. The molecule has 1 heterocycles. The summed E-state index contributed by atoms with van der Waals surface area (Å²) in [4.78, 5) is 4.27. The minimum atomic E-state index is -0.177. The van der Waals surface area contributed by atoms with Crippen LogP contribution in [0.1, 0.15) is 19.5 Å². The van der Waals surface area contributed by atoms with Crippen molar-refractivity contribution in [1.82, 2.24) is 14.9 Å². The molecule has 0 bridgehead atoms. The fourth-order valence-corrected chi connectivity index (χ4v) is 2.28. The van der Waals surface area contributed by atoms with Gasteiger partial charge in [-0.25, -0.2) is 4.98 Å². The van der Waals surface area contributed by atoms with Crippen molar-refractivity contribution in [3.8, 4) is 11.4 Å². The molecule has 1 aromatic heterocycles. The quantitative estimate of drug-likeness (QED) is 0.939. The third kappa shape index (κ3) is 2.67. The largest absolute Gasteiger partial charge is 0.495 e. The van der Waals surface area contributed by atoms with E-state index >= 15 is 0 Å². The number of ether oxygens (including phenoxy) is 1. The highest BCUT2D eigenvalue weighted by Gasteiger charge is 2.23. The maximum absolute atomic E-state index is 5.44. The molecular weight excluding hydrogens is 306 g/mol. The van der Waals surface area contributed by atoms with E-state index in [9.17, 15) is 0 Å². The van der Waals surface area contributed by atoms with E-state index in [1.165, 1.54) is 0 Å². The summed E-state index contributed by atoms with van der Waals surface area (Å²) in [6.07, 6.45) is 3.68. The van der Waals surface area contributed by atoms with Gasteiger partial charge in [-0.2, -0.15) is 0 Å². The summed E-state index contributed by atoms with van der Waals surface area (Å²) in [5.74, 6) is 0.814. The Morgan fingerprint density at radius 1 is 1.37 bits per heavy atom. The van der Waals surface area contributed by atoms with Crippen molar-refractivity contribution in [2.75, 3.05) is 14.2 Å². The molecule has 0 saturated carbocycles. The molecule has 0 saturated heterocycles. The van der Waals surface area contributed by atoms with Crippen LogP contribution in [0.4, 0.5) is 0 Å². The van der Waals surface area contributed by atoms with Crippen LogP contribution in [0.15, 0.2) is 35.2 Å². The van der Waals surface area contributed by atoms with Crippen LogP contribution < -0.4 is 10.1 Å². The van der Waals surface area contributed by atoms with Crippen LogP contribution in [0.5, 0.6) is 5.75 Å². The number of methoxy groups -OCH3 is 1. The third-order valence-electron chi connectivity index (χ3n) is 3.30. The van der Waals surface area contributed by atoms with Crippen LogP contribution in [-0.2, 0) is 5.54 Å². The lowest BCUT2D eigenvalue weighted by Crippen LogP contribution is -2.35. The van der Waals surface area contributed by atoms with Crippen LogP contribution >= 0.6 is 15.9 Å². The first-order valence-electron chi connectivity index (χ1n) is 6.05. The Morgan fingerprint density at radius 2 is 2.11 bits per heavy atom. The molecule has 2 aromatic rings. The summed E-state index contributed by atoms with van der Waals surface area (Å²) >= 11 is 3.50. The fraction of sp³-hybridized carbons (Fsp3) is 0.357. The van der Waals surface area contributed by atoms with Crippen LogP contribution in [0.25, 0.3) is 5.69 Å². The number of nitrogens with one attached hydrogen (secondary N) is 1. The molecule has 1 N–H and O–H groups in total. The highest BCUT2D eigenvalue weighted by molar-refractivity contribution is 9.10. The number of halogens is 1. The molecule has 0 radical (unpaired) electrons. The third-order valence-corrected chi connectivity index (χ3v) is 3.80. The molecule has 4 nitrogen and oxygen atoms in total. The van der Waals surface area contributed by atoms with E-state index in [0.29, 0.717) is 0 Å². The van der Waals surface area contributed by atoms with Gasteiger partial charge >= 0.3 is 0 Å². The Hall–Kier alpha value is -1.33. The van der Waals surface area contributed by atoms with Crippen LogP contribution in [0, 0.1) is 0 Å². The van der Waals surface area contributed by atoms with E-state index in [1.807, 2.05) is 36.0 Å². The first-order chi connectivity index (χ1) is 8.99. The number of aromatic nitrogens is 2. The Bertz CT molecular complexity index is 578. The summed E-state index contributed by atoms with van der Waals surface area (Å²) in [5.41, 5.74) is 1.86. The minimum Gasteiger partial charge on any atom is -0.495 e. The number of rotatable bonds is 4. The zero-order valence-electron chi connectivity index (χ0n) is 11.6. The molecule has 0 aliphatic carbocycles. The maximum atomic E-state index is 5.44. The predicted octanol–water partition coefficient (Wildman–Crippen LogP) is 3.10. The summed E-state index contributed by atoms with van der Waals surface area (Å²) < 4.78 is 8.48. The SMILES string of the molecule is CNC(C)(C)c1cncn1-c1cc(Br)ccc1OC. The number of hydrogen-bond acceptors (Lipinski definition) is 3. The van der Waals surface area contributed by atoms with Gasteiger partial charge in [0.25, 0.3) is 0 Å². The molecule has 0 fully saturated rings. The molecule has 0 spiro atoms. The van der Waals surface area contributed by atoms with E-state index in [0.717, 1.165) is 21.6 Å². The van der Waals surface area contributed by atoms with Gasteiger partial charge in [0, 0.05) is 4.47 Å². The molecule has 0 aliphatic rings. The number of benzene rings is 1. The van der Waals surface area contributed by atoms with Crippen molar-refractivity contribution in [1.29, 1.82) is 0 Å². The van der Waals surface area contributed by atoms with E-state index in [-0.39, 0.29) is 5.54 Å². The van der Waals surface area contributed by atoms with E-state index < -0.39 is 0 Å². The number of imidazole rings is 1. The molecule has 1 aromatic carbocycles. The molecule has 0 amide bonds. The second-order valence-corrected chi connectivity index (χ2v) is 5.76. The van der Waals surface area contributed by atoms with Gasteiger partial charge in [-0.15, -0.1) is 0 Å². The van der Waals surface area contributed by atoms with Crippen molar-refractivity contribution >= 4 is 15.9 Å². The van der Waals surface area contributed by atoms with Crippen molar-refractivity contribution in [3.63, 3.8) is 0 Å². The summed E-state index contributed by atoms with van der Waals surface area (Å²) in [6.45, 7) is 4.23. The lowest BCUT2D eigenvalue weighted by molar-refractivity contribution is 0.404. The topological polar surface area (TPSA) is 39.1 Å². The molecule has 0 atom stereocenters. The van der Waals surface area contributed by atoms with E-state index in [4.69, 9.17) is 4.74 Å². The number of hydrogen-bond donors (Lipinski definition) is 1. The normalized spacial score (nSPS) is 11.6. The van der Waals surface area contributed by atoms with Crippen LogP contribution in [-0.4, -0.2) is 23.7 Å². The monoisotopic (exact) mass is 323 g/mol. The van der Waals surface area contributed by atoms with E-state index in [1.54, 1.807) is 13.4 Å². The van der Waals surface area contributed by atoms with Gasteiger partial charge in [-0.3, -0.25) is 4.57 Å². The van der Waals surface area contributed by atoms with Gasteiger partial charge < -0.3 is 10.1 Å². The zero-order chi connectivity index (χ0) is 14.0. The molecule has 102 valence electrons. The number of nitrogens with zero attached hydrogens (tertiary/aromatic N) is 2. The van der Waals surface area contributed by atoms with Crippen molar-refractivity contribution in [2.24, 2.45) is 0 Å². The second kappa shape index (κ2) is 5.35. The van der Waals surface area contributed by atoms with Gasteiger partial charge in [0.15, 0.2) is 0 Å². The Balaban J connectivity index is 2.60. The van der Waals surface area contributed by atoms with Gasteiger partial charge in [0.2, 0.25) is 0 Å². The van der Waals surface area contributed by atoms with Crippen LogP contribution in [0.2, 0.25) is 0 Å². The Morgan fingerprint density at radius 3 is 2.74 bits per heavy atom. The lowest BCUT2D eigenvalue weighted by atomic mass is 10.0. The van der Waals surface area contributed by atoms with Gasteiger partial charge in [0.1, 0.15) is 5.75 Å². The summed E-state index contributed by atoms with van der Waals surface area (Å²) in [7, 11) is 3.61. The fourth-order valence-electron chi connectivity index (χ4n) is 1.93. The van der Waals surface area contributed by atoms with Crippen molar-refractivity contribution in [3.05, 3.63) is 40.9 Å². The zero-order valence-corrected chi connectivity index (χ0v) is 13.2. The first-order valence-corrected chi connectivity index (χ1v) is 6.84. The maximum Gasteiger partial charge on any atom is 0.142 e. The predicted molar refractivity (Wildman–Crippen MR) is 79.9 cm³/mol. The van der Waals surface area contributed by atoms with Gasteiger partial charge in [-0.05, 0) is 39.1 Å². The molecule has 5 heteroatoms. The van der Waals surface area contributed by atoms with E-state index in [2.05, 4.69) is 40.1 Å². The molecule has 2 rings (SSSR count). The molecular formula is C14H18BrN3O. The van der Waals surface area contributed by atoms with Gasteiger partial charge in [0.05, 0.1) is 36.6 Å². The minimum absolute atomic E-state index is 0.177. The molecule has 19 heavy (non-hydrogen) atoms. The van der Waals surface area contributed by atoms with Gasteiger partial charge in [-0.1, -0.05) is 15.9 Å². The molecule has 0 unspecified atom stereocenters. The smallest absolute Gasteiger partial charge is 0.142 e. The molecule has 0 aliphatic heterocycles.